The number of carbonyl (C=O) groups excluding carboxylic acids is 1. The first-order chi connectivity index (χ1) is 11.1. The molecule has 6 heteroatoms. The van der Waals surface area contributed by atoms with Crippen LogP contribution in [-0.2, 0) is 9.59 Å². The minimum Gasteiger partial charge on any atom is -0.481 e. The highest BCUT2D eigenvalue weighted by atomic mass is 32.2. The van der Waals surface area contributed by atoms with Crippen LogP contribution in [0.4, 0.5) is 4.39 Å². The molecular weight excluding hydrogens is 317 g/mol. The smallest absolute Gasteiger partial charge is 0.306 e. The van der Waals surface area contributed by atoms with E-state index in [4.69, 9.17) is 5.11 Å². The Morgan fingerprint density at radius 1 is 1.13 bits per heavy atom. The predicted octanol–water partition coefficient (Wildman–Crippen LogP) is 3.32. The van der Waals surface area contributed by atoms with Gasteiger partial charge in [-0.1, -0.05) is 0 Å². The van der Waals surface area contributed by atoms with Crippen molar-refractivity contribution in [3.63, 3.8) is 0 Å². The summed E-state index contributed by atoms with van der Waals surface area (Å²) in [5.41, 5.74) is 0. The normalized spacial score (nSPS) is 20.9. The molecule has 2 rings (SSSR count). The van der Waals surface area contributed by atoms with Crippen LogP contribution < -0.4 is 5.32 Å². The van der Waals surface area contributed by atoms with Gasteiger partial charge in [0.05, 0.1) is 5.92 Å². The zero-order chi connectivity index (χ0) is 16.7. The number of thioether (sulfide) groups is 1. The second-order valence-electron chi connectivity index (χ2n) is 5.83. The van der Waals surface area contributed by atoms with Crippen LogP contribution in [0.1, 0.15) is 32.1 Å². The fraction of sp³-hybridized carbons (Fsp3) is 0.529. The zero-order valence-electron chi connectivity index (χ0n) is 13.0. The quantitative estimate of drug-likeness (QED) is 0.591. The number of rotatable bonds is 7. The average molecular weight is 339 g/mol. The number of halogens is 1. The Bertz CT molecular complexity index is 527. The zero-order valence-corrected chi connectivity index (χ0v) is 13.8. The van der Waals surface area contributed by atoms with Crippen LogP contribution in [0.3, 0.4) is 0 Å². The van der Waals surface area contributed by atoms with Crippen LogP contribution in [0.15, 0.2) is 29.2 Å². The predicted molar refractivity (Wildman–Crippen MR) is 87.8 cm³/mol. The third kappa shape index (κ3) is 5.86. The summed E-state index contributed by atoms with van der Waals surface area (Å²) in [6.07, 6.45) is 3.35. The van der Waals surface area contributed by atoms with E-state index in [1.165, 1.54) is 12.1 Å². The molecule has 4 nitrogen and oxygen atoms in total. The van der Waals surface area contributed by atoms with E-state index in [1.807, 2.05) is 0 Å². The van der Waals surface area contributed by atoms with E-state index in [2.05, 4.69) is 5.32 Å². The molecule has 0 heterocycles. The van der Waals surface area contributed by atoms with E-state index >= 15 is 0 Å². The Morgan fingerprint density at radius 2 is 1.74 bits per heavy atom. The molecule has 23 heavy (non-hydrogen) atoms. The van der Waals surface area contributed by atoms with Crippen LogP contribution in [0, 0.1) is 17.7 Å². The van der Waals surface area contributed by atoms with E-state index in [0.29, 0.717) is 32.2 Å². The minimum absolute atomic E-state index is 0.0422. The van der Waals surface area contributed by atoms with Crippen LogP contribution in [0.25, 0.3) is 0 Å². The Labute approximate surface area is 139 Å². The third-order valence-corrected chi connectivity index (χ3v) is 5.25. The number of carboxylic acids is 1. The van der Waals surface area contributed by atoms with Crippen molar-refractivity contribution in [2.45, 2.75) is 37.0 Å². The number of aliphatic carboxylic acids is 1. The van der Waals surface area contributed by atoms with E-state index in [1.54, 1.807) is 23.9 Å². The van der Waals surface area contributed by atoms with Gasteiger partial charge in [0.1, 0.15) is 5.82 Å². The van der Waals surface area contributed by atoms with E-state index in [-0.39, 0.29) is 23.6 Å². The number of amides is 1. The maximum absolute atomic E-state index is 12.8. The summed E-state index contributed by atoms with van der Waals surface area (Å²) in [6, 6.07) is 6.38. The fourth-order valence-electron chi connectivity index (χ4n) is 2.75. The summed E-state index contributed by atoms with van der Waals surface area (Å²) in [5, 5.41) is 11.9. The van der Waals surface area contributed by atoms with Crippen molar-refractivity contribution in [2.75, 3.05) is 12.3 Å². The lowest BCUT2D eigenvalue weighted by Gasteiger charge is -2.25. The molecule has 0 aromatic heterocycles. The average Bonchev–Trinajstić information content (AvgIpc) is 2.56. The topological polar surface area (TPSA) is 66.4 Å². The van der Waals surface area contributed by atoms with Crippen LogP contribution in [0.2, 0.25) is 0 Å². The number of benzene rings is 1. The van der Waals surface area contributed by atoms with Crippen molar-refractivity contribution in [3.8, 4) is 0 Å². The molecule has 0 unspecified atom stereocenters. The largest absolute Gasteiger partial charge is 0.481 e. The number of carboxylic acid groups (broad SMARTS) is 1. The van der Waals surface area contributed by atoms with Gasteiger partial charge in [-0.25, -0.2) is 4.39 Å². The molecule has 1 aromatic rings. The molecule has 1 aliphatic rings. The van der Waals surface area contributed by atoms with Gasteiger partial charge in [0.15, 0.2) is 0 Å². The van der Waals surface area contributed by atoms with E-state index in [0.717, 1.165) is 17.1 Å². The van der Waals surface area contributed by atoms with Gasteiger partial charge in [0, 0.05) is 17.4 Å². The van der Waals surface area contributed by atoms with E-state index in [9.17, 15) is 14.0 Å². The first-order valence-electron chi connectivity index (χ1n) is 7.95. The second-order valence-corrected chi connectivity index (χ2v) is 7.00. The Kier molecular flexibility index (Phi) is 6.89. The summed E-state index contributed by atoms with van der Waals surface area (Å²) in [5.74, 6) is -0.416. The third-order valence-electron chi connectivity index (χ3n) is 4.15. The summed E-state index contributed by atoms with van der Waals surface area (Å²) >= 11 is 1.64. The highest BCUT2D eigenvalue weighted by Gasteiger charge is 2.29. The van der Waals surface area contributed by atoms with Crippen LogP contribution in [0.5, 0.6) is 0 Å². The molecule has 126 valence electrons. The van der Waals surface area contributed by atoms with Gasteiger partial charge in [0.2, 0.25) is 5.91 Å². The van der Waals surface area contributed by atoms with Gasteiger partial charge in [-0.2, -0.15) is 0 Å². The molecule has 0 spiro atoms. The highest BCUT2D eigenvalue weighted by molar-refractivity contribution is 7.99. The Balaban J connectivity index is 1.58. The molecule has 1 fully saturated rings. The molecule has 1 aliphatic carbocycles. The van der Waals surface area contributed by atoms with Crippen molar-refractivity contribution in [1.29, 1.82) is 0 Å². The number of hydrogen-bond acceptors (Lipinski definition) is 3. The summed E-state index contributed by atoms with van der Waals surface area (Å²) in [4.78, 5) is 23.9. The SMILES string of the molecule is O=C(O)C1CCC(C(=O)NCCCSc2ccc(F)cc2)CC1. The van der Waals surface area contributed by atoms with Gasteiger partial charge in [0.25, 0.3) is 0 Å². The first kappa shape index (κ1) is 17.8. The maximum Gasteiger partial charge on any atom is 0.306 e. The van der Waals surface area contributed by atoms with Crippen LogP contribution >= 0.6 is 11.8 Å². The van der Waals surface area contributed by atoms with Crippen molar-refractivity contribution < 1.29 is 19.1 Å². The monoisotopic (exact) mass is 339 g/mol. The maximum atomic E-state index is 12.8. The summed E-state index contributed by atoms with van der Waals surface area (Å²) < 4.78 is 12.8. The van der Waals surface area contributed by atoms with Gasteiger partial charge < -0.3 is 10.4 Å². The number of nitrogens with one attached hydrogen (secondary N) is 1. The second kappa shape index (κ2) is 8.91. The molecule has 0 radical (unpaired) electrons. The lowest BCUT2D eigenvalue weighted by Crippen LogP contribution is -2.35. The number of hydrogen-bond donors (Lipinski definition) is 2. The standard InChI is InChI=1S/C17H22FNO3S/c18-14-6-8-15(9-7-14)23-11-1-10-19-16(20)12-2-4-13(5-3-12)17(21)22/h6-9,12-13H,1-5,10-11H2,(H,19,20)(H,21,22). The van der Waals surface area contributed by atoms with Crippen LogP contribution in [-0.4, -0.2) is 29.3 Å². The fourth-order valence-corrected chi connectivity index (χ4v) is 3.60. The molecule has 1 aromatic carbocycles. The highest BCUT2D eigenvalue weighted by Crippen LogP contribution is 2.29. The lowest BCUT2D eigenvalue weighted by atomic mass is 9.81. The lowest BCUT2D eigenvalue weighted by molar-refractivity contribution is -0.144. The van der Waals surface area contributed by atoms with Gasteiger partial charge >= 0.3 is 5.97 Å². The summed E-state index contributed by atoms with van der Waals surface area (Å²) in [6.45, 7) is 0.617. The molecule has 1 amide bonds. The summed E-state index contributed by atoms with van der Waals surface area (Å²) in [7, 11) is 0. The van der Waals surface area contributed by atoms with Gasteiger partial charge in [-0.3, -0.25) is 9.59 Å². The number of carbonyl (C=O) groups is 2. The molecule has 2 N–H and O–H groups in total. The first-order valence-corrected chi connectivity index (χ1v) is 8.93. The Hall–Kier alpha value is -1.56. The van der Waals surface area contributed by atoms with Crippen molar-refractivity contribution in [3.05, 3.63) is 30.1 Å². The van der Waals surface area contributed by atoms with Gasteiger partial charge in [-0.05, 0) is 62.1 Å². The molecule has 0 saturated heterocycles. The van der Waals surface area contributed by atoms with Crippen molar-refractivity contribution in [1.82, 2.24) is 5.32 Å². The molecule has 1 saturated carbocycles. The molecule has 0 bridgehead atoms. The molecule has 0 atom stereocenters. The Morgan fingerprint density at radius 3 is 2.35 bits per heavy atom. The van der Waals surface area contributed by atoms with E-state index < -0.39 is 5.97 Å². The van der Waals surface area contributed by atoms with Crippen molar-refractivity contribution >= 4 is 23.6 Å². The minimum atomic E-state index is -0.748. The molecular formula is C17H22FNO3S. The van der Waals surface area contributed by atoms with Crippen molar-refractivity contribution in [2.24, 2.45) is 11.8 Å². The molecule has 0 aliphatic heterocycles. The van der Waals surface area contributed by atoms with Gasteiger partial charge in [-0.15, -0.1) is 11.8 Å².